The van der Waals surface area contributed by atoms with Crippen molar-refractivity contribution in [1.82, 2.24) is 4.98 Å². The minimum absolute atomic E-state index is 0.126. The lowest BCUT2D eigenvalue weighted by Gasteiger charge is -1.87. The Morgan fingerprint density at radius 3 is 2.68 bits per heavy atom. The van der Waals surface area contributed by atoms with E-state index in [1.807, 2.05) is 12.1 Å². The van der Waals surface area contributed by atoms with E-state index in [0.717, 1.165) is 32.1 Å². The lowest BCUT2D eigenvalue weighted by molar-refractivity contribution is 0.611. The highest BCUT2D eigenvalue weighted by Gasteiger charge is 2.15. The molecule has 0 saturated heterocycles. The van der Waals surface area contributed by atoms with Crippen LogP contribution >= 0.6 is 45.0 Å². The van der Waals surface area contributed by atoms with E-state index in [1.165, 1.54) is 17.4 Å². The van der Waals surface area contributed by atoms with Gasteiger partial charge in [0.05, 0.1) is 10.2 Å². The maximum Gasteiger partial charge on any atom is 0.270 e. The molecule has 2 aromatic heterocycles. The molecule has 3 nitrogen and oxygen atoms in total. The van der Waals surface area contributed by atoms with Gasteiger partial charge < -0.3 is 0 Å². The van der Waals surface area contributed by atoms with Crippen LogP contribution < -0.4 is 0 Å². The fourth-order valence-corrected chi connectivity index (χ4v) is 4.83. The molecule has 0 unspecified atom stereocenters. The van der Waals surface area contributed by atoms with Crippen molar-refractivity contribution in [2.24, 2.45) is 0 Å². The minimum Gasteiger partial charge on any atom is -0.236 e. The summed E-state index contributed by atoms with van der Waals surface area (Å²) in [5.41, 5.74) is 1.59. The van der Waals surface area contributed by atoms with Gasteiger partial charge in [0.1, 0.15) is 9.22 Å². The molecular weight excluding hydrogens is 345 g/mol. The first-order valence-electron chi connectivity index (χ1n) is 5.03. The van der Waals surface area contributed by atoms with Crippen molar-refractivity contribution in [2.45, 2.75) is 4.21 Å². The van der Waals surface area contributed by atoms with Crippen molar-refractivity contribution in [1.29, 1.82) is 0 Å². The molecule has 0 atom stereocenters. The van der Waals surface area contributed by atoms with Gasteiger partial charge in [0, 0.05) is 26.6 Å². The molecule has 0 bridgehead atoms. The molecule has 0 amide bonds. The summed E-state index contributed by atoms with van der Waals surface area (Å²) < 4.78 is 23.6. The van der Waals surface area contributed by atoms with Crippen LogP contribution in [0.25, 0.3) is 20.8 Å². The molecule has 0 aliphatic heterocycles. The number of hydrogen-bond donors (Lipinski definition) is 0. The van der Waals surface area contributed by atoms with Crippen LogP contribution in [0.15, 0.2) is 33.9 Å². The monoisotopic (exact) mass is 349 g/mol. The summed E-state index contributed by atoms with van der Waals surface area (Å²) in [7, 11) is 1.63. The molecule has 0 radical (unpaired) electrons. The van der Waals surface area contributed by atoms with Gasteiger partial charge in [0.25, 0.3) is 9.05 Å². The Kier molecular flexibility index (Phi) is 3.31. The van der Waals surface area contributed by atoms with Gasteiger partial charge in [0.2, 0.25) is 0 Å². The summed E-state index contributed by atoms with van der Waals surface area (Å²) in [5.74, 6) is 0. The maximum absolute atomic E-state index is 11.2. The largest absolute Gasteiger partial charge is 0.270 e. The molecule has 0 aliphatic carbocycles. The Hall–Kier alpha value is -0.660. The number of aromatic nitrogens is 1. The third kappa shape index (κ3) is 2.64. The summed E-state index contributed by atoms with van der Waals surface area (Å²) in [6, 6.07) is 6.98. The third-order valence-corrected chi connectivity index (χ3v) is 6.76. The summed E-state index contributed by atoms with van der Waals surface area (Å²) in [6.07, 6.45) is 0. The van der Waals surface area contributed by atoms with E-state index in [0.29, 0.717) is 5.02 Å². The van der Waals surface area contributed by atoms with E-state index in [9.17, 15) is 8.42 Å². The molecule has 3 rings (SSSR count). The van der Waals surface area contributed by atoms with Crippen LogP contribution in [0.2, 0.25) is 5.02 Å². The van der Waals surface area contributed by atoms with E-state index >= 15 is 0 Å². The molecule has 3 aromatic rings. The molecule has 0 aliphatic rings. The first kappa shape index (κ1) is 13.3. The van der Waals surface area contributed by atoms with Gasteiger partial charge in [-0.05, 0) is 24.3 Å². The minimum atomic E-state index is -3.68. The highest BCUT2D eigenvalue weighted by atomic mass is 35.7. The first-order valence-corrected chi connectivity index (χ1v) is 9.41. The quantitative estimate of drug-likeness (QED) is 0.634. The Balaban J connectivity index is 2.11. The van der Waals surface area contributed by atoms with Gasteiger partial charge in [-0.3, -0.25) is 0 Å². The van der Waals surface area contributed by atoms with Crippen molar-refractivity contribution >= 4 is 64.2 Å². The van der Waals surface area contributed by atoms with Crippen molar-refractivity contribution < 1.29 is 8.42 Å². The summed E-state index contributed by atoms with van der Waals surface area (Å²) in [5, 5.41) is 3.13. The standard InChI is InChI=1S/C11H5Cl2NO2S3/c12-7-1-2-8-9(4-7)18-11(14-8)6-3-10(17-5-6)19(13,15)16/h1-5H. The van der Waals surface area contributed by atoms with Crippen LogP contribution in [-0.4, -0.2) is 13.4 Å². The van der Waals surface area contributed by atoms with E-state index in [-0.39, 0.29) is 4.21 Å². The highest BCUT2D eigenvalue weighted by molar-refractivity contribution is 8.15. The average molecular weight is 350 g/mol. The van der Waals surface area contributed by atoms with Crippen LogP contribution in [0.4, 0.5) is 0 Å². The van der Waals surface area contributed by atoms with Crippen molar-refractivity contribution in [3.8, 4) is 10.6 Å². The molecule has 98 valence electrons. The normalized spacial score (nSPS) is 12.1. The van der Waals surface area contributed by atoms with E-state index < -0.39 is 9.05 Å². The average Bonchev–Trinajstić information content (AvgIpc) is 2.92. The number of halogens is 2. The summed E-state index contributed by atoms with van der Waals surface area (Å²) in [4.78, 5) is 4.45. The number of rotatable bonds is 2. The fourth-order valence-electron chi connectivity index (χ4n) is 1.58. The van der Waals surface area contributed by atoms with Crippen LogP contribution in [0, 0.1) is 0 Å². The van der Waals surface area contributed by atoms with Gasteiger partial charge in [-0.15, -0.1) is 22.7 Å². The van der Waals surface area contributed by atoms with E-state index in [1.54, 1.807) is 11.4 Å². The van der Waals surface area contributed by atoms with Gasteiger partial charge >= 0.3 is 0 Å². The smallest absolute Gasteiger partial charge is 0.236 e. The molecule has 0 N–H and O–H groups in total. The second kappa shape index (κ2) is 4.71. The second-order valence-corrected chi connectivity index (χ2v) is 8.89. The molecule has 19 heavy (non-hydrogen) atoms. The zero-order valence-corrected chi connectivity index (χ0v) is 13.1. The van der Waals surface area contributed by atoms with E-state index in [2.05, 4.69) is 4.98 Å². The van der Waals surface area contributed by atoms with Gasteiger partial charge in [-0.1, -0.05) is 11.6 Å². The highest BCUT2D eigenvalue weighted by Crippen LogP contribution is 2.35. The summed E-state index contributed by atoms with van der Waals surface area (Å²) in [6.45, 7) is 0. The van der Waals surface area contributed by atoms with Crippen LogP contribution in [-0.2, 0) is 9.05 Å². The van der Waals surface area contributed by atoms with Crippen LogP contribution in [0.1, 0.15) is 0 Å². The Bertz CT molecular complexity index is 867. The number of thiophene rings is 1. The molecule has 8 heteroatoms. The number of hydrogen-bond acceptors (Lipinski definition) is 5. The maximum atomic E-state index is 11.2. The van der Waals surface area contributed by atoms with E-state index in [4.69, 9.17) is 22.3 Å². The second-order valence-electron chi connectivity index (χ2n) is 3.72. The van der Waals surface area contributed by atoms with Gasteiger partial charge in [0.15, 0.2) is 0 Å². The molecule has 0 saturated carbocycles. The van der Waals surface area contributed by atoms with Gasteiger partial charge in [-0.25, -0.2) is 13.4 Å². The topological polar surface area (TPSA) is 47.0 Å². The predicted molar refractivity (Wildman–Crippen MR) is 81.0 cm³/mol. The molecule has 1 aromatic carbocycles. The van der Waals surface area contributed by atoms with Crippen LogP contribution in [0.3, 0.4) is 0 Å². The Labute approximate surface area is 126 Å². The molecule has 0 fully saturated rings. The third-order valence-electron chi connectivity index (χ3n) is 2.41. The van der Waals surface area contributed by atoms with Crippen molar-refractivity contribution in [2.75, 3.05) is 0 Å². The molecule has 2 heterocycles. The number of nitrogens with zero attached hydrogens (tertiary/aromatic N) is 1. The lowest BCUT2D eigenvalue weighted by Crippen LogP contribution is -1.83. The van der Waals surface area contributed by atoms with Gasteiger partial charge in [-0.2, -0.15) is 0 Å². The molecular formula is C11H5Cl2NO2S3. The number of benzene rings is 1. The Morgan fingerprint density at radius 1 is 1.21 bits per heavy atom. The predicted octanol–water partition coefficient (Wildman–Crippen LogP) is 4.61. The number of fused-ring (bicyclic) bond motifs is 1. The number of thiazole rings is 1. The SMILES string of the molecule is O=S(=O)(Cl)c1cc(-c2nc3ccc(Cl)cc3s2)cs1. The van der Waals surface area contributed by atoms with Crippen LogP contribution in [0.5, 0.6) is 0 Å². The fraction of sp³-hybridized carbons (Fsp3) is 0. The zero-order chi connectivity index (χ0) is 13.6. The Morgan fingerprint density at radius 2 is 2.00 bits per heavy atom. The van der Waals surface area contributed by atoms with Crippen molar-refractivity contribution in [3.63, 3.8) is 0 Å². The zero-order valence-electron chi connectivity index (χ0n) is 9.13. The summed E-state index contributed by atoms with van der Waals surface area (Å²) >= 11 is 8.47. The first-order chi connectivity index (χ1) is 8.93. The van der Waals surface area contributed by atoms with Crippen molar-refractivity contribution in [3.05, 3.63) is 34.7 Å². The molecule has 0 spiro atoms. The lowest BCUT2D eigenvalue weighted by atomic mass is 10.3.